The number of hydrogen-bond donors (Lipinski definition) is 4. The second-order valence-electron chi connectivity index (χ2n) is 8.86. The Hall–Kier alpha value is -1.98. The lowest BCUT2D eigenvalue weighted by Gasteiger charge is -2.16. The molecule has 0 bridgehead atoms. The van der Waals surface area contributed by atoms with Crippen LogP contribution in [0, 0.1) is 6.92 Å². The number of aliphatic hydroxyl groups excluding tert-OH is 3. The van der Waals surface area contributed by atoms with Gasteiger partial charge in [0.1, 0.15) is 12.2 Å². The number of halogens is 1. The number of nitrogens with one attached hydrogen (secondary N) is 1. The summed E-state index contributed by atoms with van der Waals surface area (Å²) in [5.41, 5.74) is 3.23. The number of rotatable bonds is 7. The second-order valence-corrected chi connectivity index (χ2v) is 10.3. The third-order valence-corrected chi connectivity index (χ3v) is 7.87. The van der Waals surface area contributed by atoms with Crippen molar-refractivity contribution in [1.29, 1.82) is 0 Å². The quantitative estimate of drug-likeness (QED) is 0.291. The van der Waals surface area contributed by atoms with E-state index in [2.05, 4.69) is 33.6 Å². The number of aromatic nitrogens is 5. The van der Waals surface area contributed by atoms with Gasteiger partial charge in [0.25, 0.3) is 0 Å². The molecule has 1 aromatic carbocycles. The lowest BCUT2D eigenvalue weighted by atomic mass is 10.1. The first-order valence-corrected chi connectivity index (χ1v) is 12.6. The minimum absolute atomic E-state index is 0.171. The molecule has 4 N–H and O–H groups in total. The maximum atomic E-state index is 10.4. The van der Waals surface area contributed by atoms with E-state index >= 15 is 0 Å². The highest BCUT2D eigenvalue weighted by atomic mass is 35.5. The summed E-state index contributed by atoms with van der Waals surface area (Å²) >= 11 is 7.86. The zero-order valence-electron chi connectivity index (χ0n) is 18.4. The average Bonchev–Trinajstić information content (AvgIpc) is 3.36. The number of thioether (sulfide) groups is 1. The third kappa shape index (κ3) is 4.30. The predicted octanol–water partition coefficient (Wildman–Crippen LogP) is 2.68. The van der Waals surface area contributed by atoms with Gasteiger partial charge in [-0.1, -0.05) is 47.6 Å². The fraction of sp³-hybridized carbons (Fsp3) is 0.545. The molecular formula is C22H27ClN6O3S. The first-order chi connectivity index (χ1) is 15.9. The smallest absolute Gasteiger partial charge is 0.191 e. The van der Waals surface area contributed by atoms with Crippen LogP contribution in [0.3, 0.4) is 0 Å². The van der Waals surface area contributed by atoms with E-state index in [1.165, 1.54) is 10.2 Å². The largest absolute Gasteiger partial charge is 0.390 e. The van der Waals surface area contributed by atoms with Crippen LogP contribution in [0.4, 0.5) is 5.82 Å². The Balaban J connectivity index is 1.45. The first-order valence-electron chi connectivity index (χ1n) is 11.2. The number of aliphatic hydroxyl groups is 3. The lowest BCUT2D eigenvalue weighted by molar-refractivity contribution is -0.0253. The molecule has 0 saturated heterocycles. The number of anilines is 1. The maximum absolute atomic E-state index is 10.4. The molecule has 2 aliphatic carbocycles. The molecular weight excluding hydrogens is 464 g/mol. The molecule has 2 aromatic heterocycles. The van der Waals surface area contributed by atoms with Gasteiger partial charge in [0.05, 0.1) is 12.1 Å². The first kappa shape index (κ1) is 22.8. The third-order valence-electron chi connectivity index (χ3n) is 6.41. The zero-order chi connectivity index (χ0) is 23.3. The molecule has 0 radical (unpaired) electrons. The minimum atomic E-state index is -1.23. The summed E-state index contributed by atoms with van der Waals surface area (Å²) in [4.78, 5) is 9.35. The molecule has 6 unspecified atom stereocenters. The van der Waals surface area contributed by atoms with Crippen LogP contribution in [-0.2, 0) is 0 Å². The van der Waals surface area contributed by atoms with Crippen LogP contribution >= 0.6 is 23.4 Å². The summed E-state index contributed by atoms with van der Waals surface area (Å²) in [5.74, 6) is 1.80. The molecule has 33 heavy (non-hydrogen) atoms. The molecule has 0 spiro atoms. The monoisotopic (exact) mass is 490 g/mol. The van der Waals surface area contributed by atoms with Gasteiger partial charge in [-0.3, -0.25) is 0 Å². The van der Waals surface area contributed by atoms with Gasteiger partial charge in [0.15, 0.2) is 22.1 Å². The van der Waals surface area contributed by atoms with Gasteiger partial charge in [-0.15, -0.1) is 5.10 Å². The van der Waals surface area contributed by atoms with Crippen LogP contribution in [0.25, 0.3) is 11.2 Å². The van der Waals surface area contributed by atoms with E-state index in [0.717, 1.165) is 29.2 Å². The normalized spacial score (nSPS) is 29.0. The summed E-state index contributed by atoms with van der Waals surface area (Å²) < 4.78 is 1.51. The van der Waals surface area contributed by atoms with Gasteiger partial charge < -0.3 is 20.6 Å². The molecule has 2 saturated carbocycles. The van der Waals surface area contributed by atoms with Crippen molar-refractivity contribution in [3.05, 3.63) is 34.3 Å². The molecule has 2 aliphatic rings. The Morgan fingerprint density at radius 3 is 2.70 bits per heavy atom. The molecule has 176 valence electrons. The van der Waals surface area contributed by atoms with Crippen LogP contribution in [-0.4, -0.2) is 70.4 Å². The summed E-state index contributed by atoms with van der Waals surface area (Å²) in [6.45, 7) is 4.08. The van der Waals surface area contributed by atoms with E-state index in [1.54, 1.807) is 11.8 Å². The van der Waals surface area contributed by atoms with Crippen LogP contribution in [0.15, 0.2) is 23.4 Å². The van der Waals surface area contributed by atoms with E-state index in [9.17, 15) is 15.3 Å². The van der Waals surface area contributed by atoms with E-state index in [-0.39, 0.29) is 12.5 Å². The molecule has 6 atom stereocenters. The fourth-order valence-corrected chi connectivity index (χ4v) is 5.24. The standard InChI is InChI=1S/C22H27ClN6O3S/c1-3-6-33-22-25-20(24-14-8-12(14)11-5-4-10(2)13(23)7-11)17-21(26-22)29(28-27-17)15-9-16(30)19(32)18(15)31/h4-5,7,12,14-16,18-19,30-32H,3,6,8-9H2,1-2H3,(H,24,25,26). The number of nitrogens with zero attached hydrogens (tertiary/aromatic N) is 5. The van der Waals surface area contributed by atoms with Gasteiger partial charge in [-0.2, -0.15) is 0 Å². The molecule has 9 nitrogen and oxygen atoms in total. The van der Waals surface area contributed by atoms with Crippen molar-refractivity contribution < 1.29 is 15.3 Å². The van der Waals surface area contributed by atoms with E-state index in [0.29, 0.717) is 28.1 Å². The number of benzene rings is 1. The molecule has 0 amide bonds. The van der Waals surface area contributed by atoms with Crippen molar-refractivity contribution in [2.24, 2.45) is 0 Å². The fourth-order valence-electron chi connectivity index (χ4n) is 4.36. The molecule has 2 heterocycles. The zero-order valence-corrected chi connectivity index (χ0v) is 20.0. The van der Waals surface area contributed by atoms with Crippen LogP contribution in [0.2, 0.25) is 5.02 Å². The van der Waals surface area contributed by atoms with Crippen molar-refractivity contribution >= 4 is 40.3 Å². The Bertz CT molecular complexity index is 1180. The van der Waals surface area contributed by atoms with Gasteiger partial charge in [0.2, 0.25) is 0 Å². The Morgan fingerprint density at radius 1 is 1.18 bits per heavy atom. The van der Waals surface area contributed by atoms with Crippen molar-refractivity contribution in [2.45, 2.75) is 74.6 Å². The Morgan fingerprint density at radius 2 is 2.00 bits per heavy atom. The maximum Gasteiger partial charge on any atom is 0.191 e. The lowest BCUT2D eigenvalue weighted by Crippen LogP contribution is -2.31. The van der Waals surface area contributed by atoms with Gasteiger partial charge in [-0.25, -0.2) is 14.6 Å². The summed E-state index contributed by atoms with van der Waals surface area (Å²) in [6.07, 6.45) is -1.30. The SMILES string of the molecule is CCCSc1nc(NC2CC2c2ccc(C)c(Cl)c2)c2nnn(C3CC(O)C(O)C3O)c2n1. The minimum Gasteiger partial charge on any atom is -0.390 e. The predicted molar refractivity (Wildman–Crippen MR) is 127 cm³/mol. The summed E-state index contributed by atoms with van der Waals surface area (Å²) in [5, 5.41) is 43.8. The van der Waals surface area contributed by atoms with Crippen LogP contribution in [0.1, 0.15) is 49.3 Å². The van der Waals surface area contributed by atoms with E-state index < -0.39 is 24.4 Å². The van der Waals surface area contributed by atoms with Gasteiger partial charge >= 0.3 is 0 Å². The van der Waals surface area contributed by atoms with Crippen molar-refractivity contribution in [1.82, 2.24) is 25.0 Å². The number of hydrogen-bond acceptors (Lipinski definition) is 9. The summed E-state index contributed by atoms with van der Waals surface area (Å²) in [7, 11) is 0. The van der Waals surface area contributed by atoms with Crippen LogP contribution in [0.5, 0.6) is 0 Å². The Kier molecular flexibility index (Phi) is 6.21. The molecule has 5 rings (SSSR count). The molecule has 3 aromatic rings. The molecule has 11 heteroatoms. The second kappa shape index (κ2) is 8.99. The van der Waals surface area contributed by atoms with Crippen molar-refractivity contribution in [2.75, 3.05) is 11.1 Å². The highest BCUT2D eigenvalue weighted by molar-refractivity contribution is 7.99. The number of fused-ring (bicyclic) bond motifs is 1. The van der Waals surface area contributed by atoms with Gasteiger partial charge in [0, 0.05) is 29.2 Å². The van der Waals surface area contributed by atoms with Crippen LogP contribution < -0.4 is 5.32 Å². The summed E-state index contributed by atoms with van der Waals surface area (Å²) in [6, 6.07) is 5.75. The average molecular weight is 491 g/mol. The Labute approximate surface area is 200 Å². The van der Waals surface area contributed by atoms with E-state index in [4.69, 9.17) is 16.6 Å². The molecule has 2 fully saturated rings. The highest BCUT2D eigenvalue weighted by Gasteiger charge is 2.44. The molecule has 0 aliphatic heterocycles. The number of aryl methyl sites for hydroxylation is 1. The van der Waals surface area contributed by atoms with Crippen molar-refractivity contribution in [3.8, 4) is 0 Å². The van der Waals surface area contributed by atoms with Crippen molar-refractivity contribution in [3.63, 3.8) is 0 Å². The van der Waals surface area contributed by atoms with Gasteiger partial charge in [-0.05, 0) is 37.0 Å². The highest BCUT2D eigenvalue weighted by Crippen LogP contribution is 2.44. The van der Waals surface area contributed by atoms with E-state index in [1.807, 2.05) is 19.1 Å². The topological polar surface area (TPSA) is 129 Å².